The second-order valence-corrected chi connectivity index (χ2v) is 6.05. The molecule has 0 atom stereocenters. The number of quaternary nitrogens is 1. The van der Waals surface area contributed by atoms with Gasteiger partial charge < -0.3 is 9.22 Å². The van der Waals surface area contributed by atoms with E-state index < -0.39 is 0 Å². The first kappa shape index (κ1) is 14.9. The van der Waals surface area contributed by atoms with Crippen LogP contribution >= 0.6 is 11.6 Å². The number of halogens is 1. The Morgan fingerprint density at radius 1 is 1.00 bits per heavy atom. The van der Waals surface area contributed by atoms with Crippen LogP contribution in [0.5, 0.6) is 5.75 Å². The van der Waals surface area contributed by atoms with Crippen molar-refractivity contribution in [2.75, 3.05) is 27.2 Å². The third-order valence-electron chi connectivity index (χ3n) is 3.21. The Labute approximate surface area is 126 Å². The van der Waals surface area contributed by atoms with Crippen LogP contribution in [0.15, 0.2) is 54.6 Å². The molecule has 0 amide bonds. The molecule has 0 aliphatic carbocycles. The predicted octanol–water partition coefficient (Wildman–Crippen LogP) is 4.00. The number of likely N-dealkylation sites (N-methyl/N-ethyl adjacent to an activating group) is 1. The summed E-state index contributed by atoms with van der Waals surface area (Å²) in [6, 6.07) is 18.0. The topological polar surface area (TPSA) is 9.23 Å². The standard InChI is InChI=1S/C17H21ClNO/c1-19(2,14-15-7-6-8-16(18)13-15)11-12-20-17-9-4-3-5-10-17/h3-10,13H,11-12,14H2,1-2H3/q+1. The van der Waals surface area contributed by atoms with E-state index in [1.54, 1.807) is 0 Å². The smallest absolute Gasteiger partial charge is 0.137 e. The van der Waals surface area contributed by atoms with E-state index >= 15 is 0 Å². The van der Waals surface area contributed by atoms with E-state index in [2.05, 4.69) is 20.2 Å². The molecule has 0 heterocycles. The number of nitrogens with zero attached hydrogens (tertiary/aromatic N) is 1. The van der Waals surface area contributed by atoms with E-state index in [1.807, 2.05) is 48.5 Å². The highest BCUT2D eigenvalue weighted by atomic mass is 35.5. The zero-order valence-corrected chi connectivity index (χ0v) is 12.8. The van der Waals surface area contributed by atoms with E-state index in [-0.39, 0.29) is 0 Å². The molecule has 2 aromatic rings. The van der Waals surface area contributed by atoms with Crippen molar-refractivity contribution >= 4 is 11.6 Å². The molecule has 0 bridgehead atoms. The highest BCUT2D eigenvalue weighted by Crippen LogP contribution is 2.15. The van der Waals surface area contributed by atoms with Crippen LogP contribution in [0, 0.1) is 0 Å². The fourth-order valence-corrected chi connectivity index (χ4v) is 2.35. The molecule has 20 heavy (non-hydrogen) atoms. The lowest BCUT2D eigenvalue weighted by atomic mass is 10.2. The summed E-state index contributed by atoms with van der Waals surface area (Å²) in [6.07, 6.45) is 0. The molecule has 0 saturated carbocycles. The van der Waals surface area contributed by atoms with Crippen molar-refractivity contribution in [1.82, 2.24) is 0 Å². The zero-order chi connectivity index (χ0) is 14.4. The van der Waals surface area contributed by atoms with Gasteiger partial charge in [-0.15, -0.1) is 0 Å². The van der Waals surface area contributed by atoms with Gasteiger partial charge in [-0.3, -0.25) is 0 Å². The Kier molecular flexibility index (Phi) is 5.05. The largest absolute Gasteiger partial charge is 0.488 e. The highest BCUT2D eigenvalue weighted by Gasteiger charge is 2.16. The van der Waals surface area contributed by atoms with Crippen molar-refractivity contribution in [2.24, 2.45) is 0 Å². The monoisotopic (exact) mass is 290 g/mol. The van der Waals surface area contributed by atoms with Gasteiger partial charge in [0.05, 0.1) is 14.1 Å². The molecule has 0 fully saturated rings. The van der Waals surface area contributed by atoms with E-state index in [0.29, 0.717) is 6.61 Å². The van der Waals surface area contributed by atoms with Gasteiger partial charge in [-0.25, -0.2) is 0 Å². The lowest BCUT2D eigenvalue weighted by Gasteiger charge is -2.29. The predicted molar refractivity (Wildman–Crippen MR) is 84.1 cm³/mol. The van der Waals surface area contributed by atoms with Crippen LogP contribution in [0.1, 0.15) is 5.56 Å². The van der Waals surface area contributed by atoms with Gasteiger partial charge in [0.2, 0.25) is 0 Å². The summed E-state index contributed by atoms with van der Waals surface area (Å²) < 4.78 is 6.63. The summed E-state index contributed by atoms with van der Waals surface area (Å²) in [5, 5.41) is 0.794. The number of benzene rings is 2. The zero-order valence-electron chi connectivity index (χ0n) is 12.1. The lowest BCUT2D eigenvalue weighted by molar-refractivity contribution is -0.903. The van der Waals surface area contributed by atoms with Crippen molar-refractivity contribution in [1.29, 1.82) is 0 Å². The van der Waals surface area contributed by atoms with Gasteiger partial charge in [0, 0.05) is 10.6 Å². The van der Waals surface area contributed by atoms with Crippen LogP contribution in [-0.4, -0.2) is 31.7 Å². The maximum Gasteiger partial charge on any atom is 0.137 e. The summed E-state index contributed by atoms with van der Waals surface area (Å²) in [5.74, 6) is 0.926. The van der Waals surface area contributed by atoms with Crippen molar-refractivity contribution in [2.45, 2.75) is 6.54 Å². The van der Waals surface area contributed by atoms with Gasteiger partial charge in [0.25, 0.3) is 0 Å². The normalized spacial score (nSPS) is 11.3. The molecule has 0 saturated heterocycles. The molecular formula is C17H21ClNO+. The SMILES string of the molecule is C[N+](C)(CCOc1ccccc1)Cc1cccc(Cl)c1. The third-order valence-corrected chi connectivity index (χ3v) is 3.44. The quantitative estimate of drug-likeness (QED) is 0.731. The van der Waals surface area contributed by atoms with E-state index in [4.69, 9.17) is 16.3 Å². The maximum atomic E-state index is 6.03. The summed E-state index contributed by atoms with van der Waals surface area (Å²) in [5.41, 5.74) is 1.25. The van der Waals surface area contributed by atoms with Crippen LogP contribution in [0.2, 0.25) is 5.02 Å². The minimum Gasteiger partial charge on any atom is -0.488 e. The molecular weight excluding hydrogens is 270 g/mol. The van der Waals surface area contributed by atoms with Crippen LogP contribution in [0.25, 0.3) is 0 Å². The minimum atomic E-state index is 0.706. The molecule has 0 N–H and O–H groups in total. The number of ether oxygens (including phenoxy) is 1. The molecule has 3 heteroatoms. The Morgan fingerprint density at radius 3 is 2.45 bits per heavy atom. The minimum absolute atomic E-state index is 0.706. The van der Waals surface area contributed by atoms with Gasteiger partial charge >= 0.3 is 0 Å². The second-order valence-electron chi connectivity index (χ2n) is 5.61. The first-order valence-electron chi connectivity index (χ1n) is 6.79. The van der Waals surface area contributed by atoms with Gasteiger partial charge in [0.1, 0.15) is 25.4 Å². The van der Waals surface area contributed by atoms with Crippen LogP contribution in [0.4, 0.5) is 0 Å². The molecule has 0 aromatic heterocycles. The van der Waals surface area contributed by atoms with E-state index in [0.717, 1.165) is 28.3 Å². The van der Waals surface area contributed by atoms with E-state index in [1.165, 1.54) is 5.56 Å². The summed E-state index contributed by atoms with van der Waals surface area (Å²) in [4.78, 5) is 0. The average Bonchev–Trinajstić information content (AvgIpc) is 2.39. The van der Waals surface area contributed by atoms with Crippen LogP contribution in [0.3, 0.4) is 0 Å². The van der Waals surface area contributed by atoms with Crippen molar-refractivity contribution in [3.05, 3.63) is 65.2 Å². The molecule has 106 valence electrons. The lowest BCUT2D eigenvalue weighted by Crippen LogP contribution is -2.41. The Hall–Kier alpha value is -1.51. The van der Waals surface area contributed by atoms with Crippen molar-refractivity contribution in [3.63, 3.8) is 0 Å². The molecule has 2 rings (SSSR count). The maximum absolute atomic E-state index is 6.03. The molecule has 0 unspecified atom stereocenters. The van der Waals surface area contributed by atoms with Crippen LogP contribution < -0.4 is 4.74 Å². The summed E-state index contributed by atoms with van der Waals surface area (Å²) >= 11 is 6.03. The molecule has 0 radical (unpaired) electrons. The average molecular weight is 291 g/mol. The summed E-state index contributed by atoms with van der Waals surface area (Å²) in [7, 11) is 4.41. The third kappa shape index (κ3) is 4.87. The number of para-hydroxylation sites is 1. The molecule has 2 aromatic carbocycles. The molecule has 0 spiro atoms. The molecule has 2 nitrogen and oxygen atoms in total. The Morgan fingerprint density at radius 2 is 1.75 bits per heavy atom. The summed E-state index contributed by atoms with van der Waals surface area (Å²) in [6.45, 7) is 2.59. The van der Waals surface area contributed by atoms with Gasteiger partial charge in [0.15, 0.2) is 0 Å². The van der Waals surface area contributed by atoms with Crippen LogP contribution in [-0.2, 0) is 6.54 Å². The van der Waals surface area contributed by atoms with E-state index in [9.17, 15) is 0 Å². The number of rotatable bonds is 6. The van der Waals surface area contributed by atoms with Gasteiger partial charge in [-0.05, 0) is 24.3 Å². The van der Waals surface area contributed by atoms with Crippen molar-refractivity contribution in [3.8, 4) is 5.75 Å². The Bertz CT molecular complexity index is 540. The van der Waals surface area contributed by atoms with Gasteiger partial charge in [-0.1, -0.05) is 41.9 Å². The second kappa shape index (κ2) is 6.78. The fourth-order valence-electron chi connectivity index (χ4n) is 2.14. The van der Waals surface area contributed by atoms with Crippen molar-refractivity contribution < 1.29 is 9.22 Å². The molecule has 0 aliphatic heterocycles. The van der Waals surface area contributed by atoms with Gasteiger partial charge in [-0.2, -0.15) is 0 Å². The number of hydrogen-bond donors (Lipinski definition) is 0. The Balaban J connectivity index is 1.84. The number of hydrogen-bond acceptors (Lipinski definition) is 1. The highest BCUT2D eigenvalue weighted by molar-refractivity contribution is 6.30. The first-order chi connectivity index (χ1) is 9.55. The fraction of sp³-hybridized carbons (Fsp3) is 0.294. The first-order valence-corrected chi connectivity index (χ1v) is 7.17. The molecule has 0 aliphatic rings.